The van der Waals surface area contributed by atoms with Crippen LogP contribution in [-0.2, 0) is 6.18 Å². The van der Waals surface area contributed by atoms with Gasteiger partial charge in [0.25, 0.3) is 0 Å². The van der Waals surface area contributed by atoms with E-state index < -0.39 is 11.7 Å². The van der Waals surface area contributed by atoms with Gasteiger partial charge in [-0.25, -0.2) is 0 Å². The van der Waals surface area contributed by atoms with Gasteiger partial charge in [-0.05, 0) is 48.5 Å². The van der Waals surface area contributed by atoms with Crippen LogP contribution in [-0.4, -0.2) is 5.11 Å². The summed E-state index contributed by atoms with van der Waals surface area (Å²) < 4.78 is 42.6. The smallest absolute Gasteiger partial charge is 0.416 e. The van der Waals surface area contributed by atoms with Gasteiger partial charge in [-0.2, -0.15) is 13.2 Å². The van der Waals surface area contributed by atoms with Crippen LogP contribution >= 0.6 is 0 Å². The maximum absolute atomic E-state index is 12.4. The molecule has 2 aromatic carbocycles. The molecule has 0 aromatic heterocycles. The minimum atomic E-state index is -4.36. The third kappa shape index (κ3) is 3.32. The zero-order valence-electron chi connectivity index (χ0n) is 10.3. The van der Waals surface area contributed by atoms with Gasteiger partial charge >= 0.3 is 6.18 Å². The fraction of sp³-hybridized carbons (Fsp3) is 0.0667. The number of aliphatic hydroxyl groups is 1. The molecule has 0 aliphatic rings. The molecule has 20 heavy (non-hydrogen) atoms. The van der Waals surface area contributed by atoms with Crippen LogP contribution in [0.5, 0.6) is 11.5 Å². The van der Waals surface area contributed by atoms with Crippen molar-refractivity contribution in [2.75, 3.05) is 0 Å². The largest absolute Gasteiger partial charge is 0.508 e. The van der Waals surface area contributed by atoms with Gasteiger partial charge in [0.2, 0.25) is 0 Å². The molecule has 0 fully saturated rings. The van der Waals surface area contributed by atoms with Crippen LogP contribution in [0.2, 0.25) is 0 Å². The number of hydrogen-bond donors (Lipinski definition) is 1. The molecule has 0 amide bonds. The Balaban J connectivity index is 2.12. The number of aliphatic hydroxyl groups excluding tert-OH is 1. The molecule has 1 N–H and O–H groups in total. The maximum atomic E-state index is 12.4. The summed E-state index contributed by atoms with van der Waals surface area (Å²) in [5, 5.41) is 9.17. The van der Waals surface area contributed by atoms with Crippen molar-refractivity contribution < 1.29 is 23.0 Å². The molecule has 0 saturated carbocycles. The van der Waals surface area contributed by atoms with E-state index in [0.29, 0.717) is 17.1 Å². The Morgan fingerprint density at radius 2 is 1.35 bits per heavy atom. The van der Waals surface area contributed by atoms with Crippen LogP contribution in [0.25, 0.3) is 5.76 Å². The molecule has 0 radical (unpaired) electrons. The van der Waals surface area contributed by atoms with E-state index in [2.05, 4.69) is 6.58 Å². The van der Waals surface area contributed by atoms with Crippen molar-refractivity contribution >= 4 is 5.76 Å². The van der Waals surface area contributed by atoms with E-state index >= 15 is 0 Å². The van der Waals surface area contributed by atoms with Crippen LogP contribution in [0.3, 0.4) is 0 Å². The van der Waals surface area contributed by atoms with Crippen molar-refractivity contribution in [3.05, 3.63) is 66.2 Å². The van der Waals surface area contributed by atoms with Gasteiger partial charge in [-0.15, -0.1) is 0 Å². The Morgan fingerprint density at radius 3 is 1.75 bits per heavy atom. The average molecular weight is 280 g/mol. The van der Waals surface area contributed by atoms with Crippen LogP contribution in [0.4, 0.5) is 13.2 Å². The summed E-state index contributed by atoms with van der Waals surface area (Å²) in [6.07, 6.45) is -4.36. The van der Waals surface area contributed by atoms with Gasteiger partial charge in [-0.1, -0.05) is 6.58 Å². The molecule has 0 bridgehead atoms. The van der Waals surface area contributed by atoms with E-state index in [1.54, 1.807) is 24.3 Å². The highest BCUT2D eigenvalue weighted by Gasteiger charge is 2.30. The Labute approximate surface area is 113 Å². The van der Waals surface area contributed by atoms with E-state index in [-0.39, 0.29) is 5.76 Å². The summed E-state index contributed by atoms with van der Waals surface area (Å²) in [7, 11) is 0. The number of rotatable bonds is 3. The Hall–Kier alpha value is -2.43. The van der Waals surface area contributed by atoms with E-state index in [1.165, 1.54) is 12.1 Å². The first-order chi connectivity index (χ1) is 9.36. The summed E-state index contributed by atoms with van der Waals surface area (Å²) in [5.41, 5.74) is -0.179. The van der Waals surface area contributed by atoms with Crippen LogP contribution < -0.4 is 4.74 Å². The van der Waals surface area contributed by atoms with Crippen molar-refractivity contribution in [3.63, 3.8) is 0 Å². The van der Waals surface area contributed by atoms with Gasteiger partial charge in [0, 0.05) is 5.56 Å². The van der Waals surface area contributed by atoms with Crippen LogP contribution in [0.1, 0.15) is 11.1 Å². The summed E-state index contributed by atoms with van der Waals surface area (Å²) in [6.45, 7) is 3.38. The van der Waals surface area contributed by atoms with Crippen LogP contribution in [0, 0.1) is 0 Å². The lowest BCUT2D eigenvalue weighted by Crippen LogP contribution is -2.03. The molecular weight excluding hydrogens is 269 g/mol. The molecule has 0 atom stereocenters. The molecule has 0 aliphatic carbocycles. The third-order valence-corrected chi connectivity index (χ3v) is 2.60. The zero-order chi connectivity index (χ0) is 14.8. The highest BCUT2D eigenvalue weighted by Crippen LogP contribution is 2.31. The van der Waals surface area contributed by atoms with Crippen molar-refractivity contribution in [3.8, 4) is 11.5 Å². The minimum absolute atomic E-state index is 0.0638. The lowest BCUT2D eigenvalue weighted by molar-refractivity contribution is -0.137. The first-order valence-electron chi connectivity index (χ1n) is 5.70. The van der Waals surface area contributed by atoms with E-state index in [4.69, 9.17) is 9.84 Å². The topological polar surface area (TPSA) is 29.5 Å². The SMILES string of the molecule is C=C(O)c1ccc(Oc2ccc(C(F)(F)F)cc2)cc1. The summed E-state index contributed by atoms with van der Waals surface area (Å²) in [5.74, 6) is 0.689. The molecule has 2 aromatic rings. The second-order valence-corrected chi connectivity index (χ2v) is 4.10. The number of ether oxygens (including phenoxy) is 1. The average Bonchev–Trinajstić information content (AvgIpc) is 2.39. The highest BCUT2D eigenvalue weighted by atomic mass is 19.4. The molecule has 2 nitrogen and oxygen atoms in total. The molecule has 2 rings (SSSR count). The van der Waals surface area contributed by atoms with Gasteiger partial charge in [0.05, 0.1) is 5.56 Å². The predicted octanol–water partition coefficient (Wildman–Crippen LogP) is 5.03. The monoisotopic (exact) mass is 280 g/mol. The molecule has 0 heterocycles. The quantitative estimate of drug-likeness (QED) is 0.799. The molecule has 0 aliphatic heterocycles. The number of hydrogen-bond acceptors (Lipinski definition) is 2. The number of alkyl halides is 3. The van der Waals surface area contributed by atoms with Gasteiger partial charge in [0.1, 0.15) is 17.3 Å². The Kier molecular flexibility index (Phi) is 3.70. The summed E-state index contributed by atoms with van der Waals surface area (Å²) in [4.78, 5) is 0. The summed E-state index contributed by atoms with van der Waals surface area (Å²) >= 11 is 0. The van der Waals surface area contributed by atoms with Crippen LogP contribution in [0.15, 0.2) is 55.1 Å². The van der Waals surface area contributed by atoms with Crippen molar-refractivity contribution in [2.45, 2.75) is 6.18 Å². The van der Waals surface area contributed by atoms with Gasteiger partial charge in [0.15, 0.2) is 0 Å². The zero-order valence-corrected chi connectivity index (χ0v) is 10.3. The minimum Gasteiger partial charge on any atom is -0.508 e. The Bertz CT molecular complexity index is 599. The number of benzene rings is 2. The van der Waals surface area contributed by atoms with E-state index in [9.17, 15) is 13.2 Å². The standard InChI is InChI=1S/C15H11F3O2/c1-10(19)11-2-6-13(7-3-11)20-14-8-4-12(5-9-14)15(16,17)18/h2-9,19H,1H2. The fourth-order valence-corrected chi connectivity index (χ4v) is 1.56. The molecular formula is C15H11F3O2. The van der Waals surface area contributed by atoms with Gasteiger partial charge < -0.3 is 9.84 Å². The summed E-state index contributed by atoms with van der Waals surface area (Å²) in [6, 6.07) is 10.8. The molecule has 0 spiro atoms. The normalized spacial score (nSPS) is 11.2. The second-order valence-electron chi connectivity index (χ2n) is 4.10. The fourth-order valence-electron chi connectivity index (χ4n) is 1.56. The molecule has 0 saturated heterocycles. The highest BCUT2D eigenvalue weighted by molar-refractivity contribution is 5.56. The lowest BCUT2D eigenvalue weighted by atomic mass is 10.2. The first-order valence-corrected chi connectivity index (χ1v) is 5.70. The lowest BCUT2D eigenvalue weighted by Gasteiger charge is -2.09. The van der Waals surface area contributed by atoms with Gasteiger partial charge in [-0.3, -0.25) is 0 Å². The molecule has 0 unspecified atom stereocenters. The van der Waals surface area contributed by atoms with E-state index in [0.717, 1.165) is 12.1 Å². The Morgan fingerprint density at radius 1 is 0.900 bits per heavy atom. The third-order valence-electron chi connectivity index (χ3n) is 2.60. The number of halogens is 3. The molecule has 5 heteroatoms. The van der Waals surface area contributed by atoms with E-state index in [1.807, 2.05) is 0 Å². The van der Waals surface area contributed by atoms with Crippen molar-refractivity contribution in [2.24, 2.45) is 0 Å². The second kappa shape index (κ2) is 5.28. The predicted molar refractivity (Wildman–Crippen MR) is 69.6 cm³/mol. The maximum Gasteiger partial charge on any atom is 0.416 e. The van der Waals surface area contributed by atoms with Crippen molar-refractivity contribution in [1.29, 1.82) is 0 Å². The first kappa shape index (κ1) is 14.0. The molecule has 104 valence electrons. The van der Waals surface area contributed by atoms with Crippen molar-refractivity contribution in [1.82, 2.24) is 0 Å².